The van der Waals surface area contributed by atoms with Gasteiger partial charge in [-0.2, -0.15) is 0 Å². The van der Waals surface area contributed by atoms with Gasteiger partial charge in [0.05, 0.1) is 18.9 Å². The van der Waals surface area contributed by atoms with E-state index in [0.29, 0.717) is 19.6 Å². The number of rotatable bonds is 2. The molecule has 124 valence electrons. The molecule has 0 aliphatic carbocycles. The first kappa shape index (κ1) is 16.8. The van der Waals surface area contributed by atoms with E-state index in [0.717, 1.165) is 12.8 Å². The lowest BCUT2D eigenvalue weighted by Gasteiger charge is -2.34. The van der Waals surface area contributed by atoms with E-state index in [1.165, 1.54) is 7.11 Å². The first-order valence-electron chi connectivity index (χ1n) is 7.91. The molecule has 6 nitrogen and oxygen atoms in total. The molecule has 6 heteroatoms. The molecule has 2 unspecified atom stereocenters. The summed E-state index contributed by atoms with van der Waals surface area (Å²) in [6.45, 7) is 7.47. The molecule has 0 saturated carbocycles. The third-order valence-electron chi connectivity index (χ3n) is 4.55. The van der Waals surface area contributed by atoms with Crippen molar-refractivity contribution in [1.29, 1.82) is 0 Å². The molecule has 0 aromatic rings. The molecule has 2 fully saturated rings. The minimum absolute atomic E-state index is 0.00583. The molecule has 2 amide bonds. The first-order valence-corrected chi connectivity index (χ1v) is 7.91. The standard InChI is InChI=1S/C16H26N2O4/c1-16(2,3)18-10-12(8-13(18)19)14(20)17-7-5-6-11(9-17)15(21)22-4/h11-12H,5-10H2,1-4H3. The zero-order chi connectivity index (χ0) is 16.5. The zero-order valence-corrected chi connectivity index (χ0v) is 13.9. The van der Waals surface area contributed by atoms with E-state index >= 15 is 0 Å². The predicted molar refractivity (Wildman–Crippen MR) is 80.9 cm³/mol. The Morgan fingerprint density at radius 1 is 1.18 bits per heavy atom. The summed E-state index contributed by atoms with van der Waals surface area (Å²) in [4.78, 5) is 40.0. The summed E-state index contributed by atoms with van der Waals surface area (Å²) in [6.07, 6.45) is 1.83. The van der Waals surface area contributed by atoms with Crippen LogP contribution in [0.25, 0.3) is 0 Å². The number of nitrogens with zero attached hydrogens (tertiary/aromatic N) is 2. The highest BCUT2D eigenvalue weighted by molar-refractivity contribution is 5.90. The Balaban J connectivity index is 2.00. The van der Waals surface area contributed by atoms with E-state index in [-0.39, 0.29) is 41.6 Å². The largest absolute Gasteiger partial charge is 0.469 e. The van der Waals surface area contributed by atoms with E-state index < -0.39 is 0 Å². The normalized spacial score (nSPS) is 26.3. The lowest BCUT2D eigenvalue weighted by Crippen LogP contribution is -2.46. The molecular formula is C16H26N2O4. The van der Waals surface area contributed by atoms with Crippen molar-refractivity contribution >= 4 is 17.8 Å². The molecule has 0 bridgehead atoms. The number of esters is 1. The first-order chi connectivity index (χ1) is 10.2. The summed E-state index contributed by atoms with van der Waals surface area (Å²) < 4.78 is 4.78. The molecular weight excluding hydrogens is 284 g/mol. The van der Waals surface area contributed by atoms with Gasteiger partial charge in [0.15, 0.2) is 0 Å². The minimum atomic E-state index is -0.289. The van der Waals surface area contributed by atoms with Gasteiger partial charge in [-0.3, -0.25) is 14.4 Å². The molecule has 0 N–H and O–H groups in total. The highest BCUT2D eigenvalue weighted by Gasteiger charge is 2.42. The summed E-state index contributed by atoms with van der Waals surface area (Å²) in [5, 5.41) is 0. The lowest BCUT2D eigenvalue weighted by molar-refractivity contribution is -0.149. The number of hydrogen-bond acceptors (Lipinski definition) is 4. The topological polar surface area (TPSA) is 66.9 Å². The van der Waals surface area contributed by atoms with Crippen LogP contribution in [0.5, 0.6) is 0 Å². The van der Waals surface area contributed by atoms with Gasteiger partial charge < -0.3 is 14.5 Å². The second-order valence-electron chi connectivity index (χ2n) is 7.22. The molecule has 22 heavy (non-hydrogen) atoms. The third kappa shape index (κ3) is 3.42. The van der Waals surface area contributed by atoms with E-state index in [9.17, 15) is 14.4 Å². The number of carbonyl (C=O) groups is 3. The summed E-state index contributed by atoms with van der Waals surface area (Å²) in [5.41, 5.74) is -0.261. The fourth-order valence-corrected chi connectivity index (χ4v) is 3.32. The van der Waals surface area contributed by atoms with Crippen molar-refractivity contribution in [3.05, 3.63) is 0 Å². The van der Waals surface area contributed by atoms with Crippen LogP contribution in [-0.4, -0.2) is 59.9 Å². The SMILES string of the molecule is COC(=O)C1CCCN(C(=O)C2CC(=O)N(C(C)(C)C)C2)C1. The molecule has 2 aliphatic rings. The van der Waals surface area contributed by atoms with Gasteiger partial charge in [0.25, 0.3) is 0 Å². The summed E-state index contributed by atoms with van der Waals surface area (Å²) in [7, 11) is 1.37. The van der Waals surface area contributed by atoms with Gasteiger partial charge in [0, 0.05) is 31.6 Å². The van der Waals surface area contributed by atoms with Gasteiger partial charge in [-0.25, -0.2) is 0 Å². The number of likely N-dealkylation sites (tertiary alicyclic amines) is 2. The number of carbonyl (C=O) groups excluding carboxylic acids is 3. The van der Waals surface area contributed by atoms with Crippen LogP contribution in [-0.2, 0) is 19.1 Å². The van der Waals surface area contributed by atoms with Gasteiger partial charge in [-0.15, -0.1) is 0 Å². The number of methoxy groups -OCH3 is 1. The number of ether oxygens (including phenoxy) is 1. The number of amides is 2. The van der Waals surface area contributed by atoms with Crippen LogP contribution in [0.2, 0.25) is 0 Å². The Morgan fingerprint density at radius 3 is 2.41 bits per heavy atom. The molecule has 2 atom stereocenters. The second kappa shape index (κ2) is 6.26. The monoisotopic (exact) mass is 310 g/mol. The maximum Gasteiger partial charge on any atom is 0.310 e. The third-order valence-corrected chi connectivity index (χ3v) is 4.55. The highest BCUT2D eigenvalue weighted by atomic mass is 16.5. The van der Waals surface area contributed by atoms with Crippen molar-refractivity contribution in [2.24, 2.45) is 11.8 Å². The van der Waals surface area contributed by atoms with E-state index in [1.807, 2.05) is 20.8 Å². The van der Waals surface area contributed by atoms with Crippen molar-refractivity contribution in [1.82, 2.24) is 9.80 Å². The summed E-state index contributed by atoms with van der Waals surface area (Å²) in [6, 6.07) is 0. The molecule has 0 spiro atoms. The Hall–Kier alpha value is -1.59. The summed E-state index contributed by atoms with van der Waals surface area (Å²) >= 11 is 0. The van der Waals surface area contributed by atoms with Gasteiger partial charge in [-0.1, -0.05) is 0 Å². The van der Waals surface area contributed by atoms with Crippen molar-refractivity contribution in [2.45, 2.75) is 45.6 Å². The molecule has 2 aliphatic heterocycles. The van der Waals surface area contributed by atoms with Gasteiger partial charge in [0.2, 0.25) is 11.8 Å². The highest BCUT2D eigenvalue weighted by Crippen LogP contribution is 2.28. The van der Waals surface area contributed by atoms with Crippen molar-refractivity contribution in [3.8, 4) is 0 Å². The van der Waals surface area contributed by atoms with Crippen molar-refractivity contribution in [3.63, 3.8) is 0 Å². The smallest absolute Gasteiger partial charge is 0.310 e. The minimum Gasteiger partial charge on any atom is -0.469 e. The number of hydrogen-bond donors (Lipinski definition) is 0. The maximum atomic E-state index is 12.7. The molecule has 0 aromatic heterocycles. The molecule has 2 saturated heterocycles. The van der Waals surface area contributed by atoms with Crippen LogP contribution >= 0.6 is 0 Å². The van der Waals surface area contributed by atoms with Crippen LogP contribution in [0.15, 0.2) is 0 Å². The number of piperidine rings is 1. The van der Waals surface area contributed by atoms with Crippen LogP contribution in [0.3, 0.4) is 0 Å². The van der Waals surface area contributed by atoms with Crippen LogP contribution in [0.4, 0.5) is 0 Å². The van der Waals surface area contributed by atoms with Crippen molar-refractivity contribution < 1.29 is 19.1 Å². The Bertz CT molecular complexity index is 469. The molecule has 0 aromatic carbocycles. The van der Waals surface area contributed by atoms with E-state index in [1.54, 1.807) is 9.80 Å². The fraction of sp³-hybridized carbons (Fsp3) is 0.812. The Kier molecular flexibility index (Phi) is 4.78. The average Bonchev–Trinajstić information content (AvgIpc) is 2.88. The van der Waals surface area contributed by atoms with Crippen LogP contribution in [0, 0.1) is 11.8 Å². The molecule has 2 rings (SSSR count). The van der Waals surface area contributed by atoms with E-state index in [4.69, 9.17) is 4.74 Å². The zero-order valence-electron chi connectivity index (χ0n) is 13.9. The van der Waals surface area contributed by atoms with Gasteiger partial charge in [-0.05, 0) is 33.6 Å². The average molecular weight is 310 g/mol. The Labute approximate surface area is 131 Å². The fourth-order valence-electron chi connectivity index (χ4n) is 3.32. The maximum absolute atomic E-state index is 12.7. The molecule has 2 heterocycles. The van der Waals surface area contributed by atoms with Gasteiger partial charge >= 0.3 is 5.97 Å². The predicted octanol–water partition coefficient (Wildman–Crippen LogP) is 1.04. The van der Waals surface area contributed by atoms with Crippen LogP contribution in [0.1, 0.15) is 40.0 Å². The van der Waals surface area contributed by atoms with Crippen molar-refractivity contribution in [2.75, 3.05) is 26.7 Å². The van der Waals surface area contributed by atoms with Gasteiger partial charge in [0.1, 0.15) is 0 Å². The molecule has 0 radical (unpaired) electrons. The lowest BCUT2D eigenvalue weighted by atomic mass is 9.96. The van der Waals surface area contributed by atoms with Crippen LogP contribution < -0.4 is 0 Å². The Morgan fingerprint density at radius 2 is 1.86 bits per heavy atom. The quantitative estimate of drug-likeness (QED) is 0.715. The summed E-state index contributed by atoms with van der Waals surface area (Å²) in [5.74, 6) is -0.751. The van der Waals surface area contributed by atoms with E-state index in [2.05, 4.69) is 0 Å². The second-order valence-corrected chi connectivity index (χ2v) is 7.22.